The van der Waals surface area contributed by atoms with Crippen molar-refractivity contribution in [3.05, 3.63) is 59.4 Å². The van der Waals surface area contributed by atoms with E-state index in [2.05, 4.69) is 25.2 Å². The Balaban J connectivity index is 1.73. The van der Waals surface area contributed by atoms with Crippen molar-refractivity contribution in [2.24, 2.45) is 0 Å². The average molecular weight is 394 g/mol. The molecule has 0 atom stereocenters. The summed E-state index contributed by atoms with van der Waals surface area (Å²) in [4.78, 5) is 15.1. The van der Waals surface area contributed by atoms with Gasteiger partial charge in [0.25, 0.3) is 0 Å². The smallest absolute Gasteiger partial charge is 0.232 e. The summed E-state index contributed by atoms with van der Waals surface area (Å²) in [7, 11) is 5.26. The van der Waals surface area contributed by atoms with Crippen LogP contribution in [-0.2, 0) is 13.1 Å². The highest BCUT2D eigenvalue weighted by Gasteiger charge is 2.12. The fourth-order valence-corrected chi connectivity index (χ4v) is 2.97. The second-order valence-electron chi connectivity index (χ2n) is 6.72. The molecule has 152 valence electrons. The molecular formula is C21H26N6O2. The molecule has 0 saturated carbocycles. The predicted octanol–water partition coefficient (Wildman–Crippen LogP) is 3.16. The van der Waals surface area contributed by atoms with Crippen LogP contribution in [0.3, 0.4) is 0 Å². The lowest BCUT2D eigenvalue weighted by Gasteiger charge is -2.18. The number of anilines is 3. The molecule has 8 nitrogen and oxygen atoms in total. The van der Waals surface area contributed by atoms with Crippen LogP contribution in [-0.4, -0.2) is 41.1 Å². The maximum Gasteiger partial charge on any atom is 0.232 e. The van der Waals surface area contributed by atoms with Gasteiger partial charge in [-0.3, -0.25) is 4.90 Å². The zero-order chi connectivity index (χ0) is 20.8. The van der Waals surface area contributed by atoms with Gasteiger partial charge in [-0.25, -0.2) is 0 Å². The van der Waals surface area contributed by atoms with Gasteiger partial charge >= 0.3 is 0 Å². The van der Waals surface area contributed by atoms with Crippen LogP contribution in [0.4, 0.5) is 17.6 Å². The number of methoxy groups -OCH3 is 2. The van der Waals surface area contributed by atoms with E-state index >= 15 is 0 Å². The van der Waals surface area contributed by atoms with Crippen LogP contribution < -0.4 is 20.5 Å². The number of para-hydroxylation sites is 1. The minimum Gasteiger partial charge on any atom is -0.497 e. The number of hydrogen-bond donors (Lipinski definition) is 2. The van der Waals surface area contributed by atoms with E-state index in [0.29, 0.717) is 24.9 Å². The molecule has 0 aliphatic rings. The summed E-state index contributed by atoms with van der Waals surface area (Å²) in [5.74, 6) is 2.72. The Morgan fingerprint density at radius 3 is 2.52 bits per heavy atom. The number of ether oxygens (including phenoxy) is 2. The first kappa shape index (κ1) is 20.3. The second kappa shape index (κ2) is 9.20. The quantitative estimate of drug-likeness (QED) is 0.601. The number of rotatable bonds is 8. The van der Waals surface area contributed by atoms with E-state index in [1.165, 1.54) is 0 Å². The number of benzene rings is 2. The van der Waals surface area contributed by atoms with E-state index in [0.717, 1.165) is 28.3 Å². The van der Waals surface area contributed by atoms with Gasteiger partial charge in [0, 0.05) is 23.9 Å². The fraction of sp³-hybridized carbons (Fsp3) is 0.286. The van der Waals surface area contributed by atoms with Crippen LogP contribution >= 0.6 is 0 Å². The normalized spacial score (nSPS) is 10.8. The average Bonchev–Trinajstić information content (AvgIpc) is 2.69. The van der Waals surface area contributed by atoms with E-state index in [-0.39, 0.29) is 5.95 Å². The molecule has 1 aromatic heterocycles. The van der Waals surface area contributed by atoms with E-state index in [1.54, 1.807) is 14.2 Å². The Kier molecular flexibility index (Phi) is 6.46. The molecule has 0 radical (unpaired) electrons. The van der Waals surface area contributed by atoms with Gasteiger partial charge in [-0.2, -0.15) is 15.0 Å². The molecule has 0 spiro atoms. The van der Waals surface area contributed by atoms with Gasteiger partial charge in [0.15, 0.2) is 0 Å². The Morgan fingerprint density at radius 1 is 1.00 bits per heavy atom. The summed E-state index contributed by atoms with van der Waals surface area (Å²) in [6, 6.07) is 13.7. The van der Waals surface area contributed by atoms with Crippen molar-refractivity contribution >= 4 is 17.6 Å². The summed E-state index contributed by atoms with van der Waals surface area (Å²) in [6.45, 7) is 3.17. The van der Waals surface area contributed by atoms with Crippen molar-refractivity contribution in [1.29, 1.82) is 0 Å². The topological polar surface area (TPSA) is 98.4 Å². The van der Waals surface area contributed by atoms with Crippen molar-refractivity contribution in [2.75, 3.05) is 32.3 Å². The van der Waals surface area contributed by atoms with Gasteiger partial charge < -0.3 is 20.5 Å². The molecule has 0 bridgehead atoms. The minimum atomic E-state index is 0.182. The molecule has 2 aromatic carbocycles. The molecule has 0 unspecified atom stereocenters. The molecule has 0 amide bonds. The molecule has 1 heterocycles. The first-order chi connectivity index (χ1) is 14.0. The van der Waals surface area contributed by atoms with Crippen LogP contribution in [0.15, 0.2) is 42.5 Å². The standard InChI is InChI=1S/C21H26N6O2/c1-14-7-5-6-8-17(14)23-21-25-19(24-20(22)26-21)13-27(2)12-15-9-10-16(28-3)11-18(15)29-4/h5-11H,12-13H2,1-4H3,(H3,22,23,24,25,26). The molecule has 3 rings (SSSR count). The zero-order valence-corrected chi connectivity index (χ0v) is 17.1. The third-order valence-corrected chi connectivity index (χ3v) is 4.44. The van der Waals surface area contributed by atoms with Gasteiger partial charge in [0.2, 0.25) is 11.9 Å². The summed E-state index contributed by atoms with van der Waals surface area (Å²) >= 11 is 0. The Bertz CT molecular complexity index is 979. The summed E-state index contributed by atoms with van der Waals surface area (Å²) in [5, 5.41) is 3.21. The lowest BCUT2D eigenvalue weighted by atomic mass is 10.2. The van der Waals surface area contributed by atoms with Crippen LogP contribution in [0, 0.1) is 6.92 Å². The minimum absolute atomic E-state index is 0.182. The summed E-state index contributed by atoms with van der Waals surface area (Å²) in [5.41, 5.74) is 8.97. The zero-order valence-electron chi connectivity index (χ0n) is 17.1. The first-order valence-electron chi connectivity index (χ1n) is 9.21. The number of hydrogen-bond acceptors (Lipinski definition) is 8. The van der Waals surface area contributed by atoms with Crippen LogP contribution in [0.2, 0.25) is 0 Å². The number of nitrogens with two attached hydrogens (primary N) is 1. The molecule has 0 fully saturated rings. The van der Waals surface area contributed by atoms with E-state index in [1.807, 2.05) is 56.4 Å². The molecule has 29 heavy (non-hydrogen) atoms. The molecule has 0 saturated heterocycles. The Hall–Kier alpha value is -3.39. The summed E-state index contributed by atoms with van der Waals surface area (Å²) in [6.07, 6.45) is 0. The van der Waals surface area contributed by atoms with Crippen LogP contribution in [0.5, 0.6) is 11.5 Å². The van der Waals surface area contributed by atoms with Crippen LogP contribution in [0.1, 0.15) is 17.0 Å². The maximum absolute atomic E-state index is 5.90. The fourth-order valence-electron chi connectivity index (χ4n) is 2.97. The van der Waals surface area contributed by atoms with Crippen molar-refractivity contribution in [3.8, 4) is 11.5 Å². The second-order valence-corrected chi connectivity index (χ2v) is 6.72. The van der Waals surface area contributed by atoms with Gasteiger partial charge in [-0.1, -0.05) is 24.3 Å². The monoisotopic (exact) mass is 394 g/mol. The number of aromatic nitrogens is 3. The van der Waals surface area contributed by atoms with Crippen molar-refractivity contribution in [3.63, 3.8) is 0 Å². The number of aryl methyl sites for hydroxylation is 1. The molecular weight excluding hydrogens is 368 g/mol. The van der Waals surface area contributed by atoms with E-state index in [4.69, 9.17) is 15.2 Å². The highest BCUT2D eigenvalue weighted by Crippen LogP contribution is 2.26. The van der Waals surface area contributed by atoms with E-state index < -0.39 is 0 Å². The molecule has 3 aromatic rings. The first-order valence-corrected chi connectivity index (χ1v) is 9.21. The van der Waals surface area contributed by atoms with Gasteiger partial charge in [-0.15, -0.1) is 0 Å². The largest absolute Gasteiger partial charge is 0.497 e. The summed E-state index contributed by atoms with van der Waals surface area (Å²) < 4.78 is 10.7. The third kappa shape index (κ3) is 5.32. The van der Waals surface area contributed by atoms with Gasteiger partial charge in [-0.05, 0) is 31.7 Å². The molecule has 0 aliphatic carbocycles. The lowest BCUT2D eigenvalue weighted by Crippen LogP contribution is -2.20. The van der Waals surface area contributed by atoms with Crippen molar-refractivity contribution < 1.29 is 9.47 Å². The number of nitrogens with zero attached hydrogens (tertiary/aromatic N) is 4. The van der Waals surface area contributed by atoms with Crippen molar-refractivity contribution in [2.45, 2.75) is 20.0 Å². The van der Waals surface area contributed by atoms with Gasteiger partial charge in [0.1, 0.15) is 17.3 Å². The highest BCUT2D eigenvalue weighted by atomic mass is 16.5. The molecule has 8 heteroatoms. The Labute approximate surface area is 170 Å². The molecule has 3 N–H and O–H groups in total. The predicted molar refractivity (Wildman–Crippen MR) is 113 cm³/mol. The maximum atomic E-state index is 5.90. The lowest BCUT2D eigenvalue weighted by molar-refractivity contribution is 0.302. The Morgan fingerprint density at radius 2 is 1.79 bits per heavy atom. The van der Waals surface area contributed by atoms with Crippen LogP contribution in [0.25, 0.3) is 0 Å². The van der Waals surface area contributed by atoms with Gasteiger partial charge in [0.05, 0.1) is 20.8 Å². The number of nitrogens with one attached hydrogen (secondary N) is 1. The SMILES string of the molecule is COc1ccc(CN(C)Cc2nc(N)nc(Nc3ccccc3C)n2)c(OC)c1. The highest BCUT2D eigenvalue weighted by molar-refractivity contribution is 5.58. The third-order valence-electron chi connectivity index (χ3n) is 4.44. The molecule has 0 aliphatic heterocycles. The van der Waals surface area contributed by atoms with E-state index in [9.17, 15) is 0 Å². The number of nitrogen functional groups attached to an aromatic ring is 1. The van der Waals surface area contributed by atoms with Crippen molar-refractivity contribution in [1.82, 2.24) is 19.9 Å².